The summed E-state index contributed by atoms with van der Waals surface area (Å²) in [5.74, 6) is -0.0778. The second kappa shape index (κ2) is 10.7. The molecule has 0 bridgehead atoms. The fourth-order valence-corrected chi connectivity index (χ4v) is 1.51. The monoisotopic (exact) mass is 226 g/mol. The molecule has 0 spiro atoms. The number of carbonyl (C=O) groups is 1. The SMILES string of the molecule is C=CC(=O)NCCN(CCCC)CCCC. The molecule has 16 heavy (non-hydrogen) atoms. The molecule has 0 aliphatic carbocycles. The van der Waals surface area contributed by atoms with Crippen LogP contribution in [0.25, 0.3) is 0 Å². The smallest absolute Gasteiger partial charge is 0.243 e. The fourth-order valence-electron chi connectivity index (χ4n) is 1.51. The minimum atomic E-state index is -0.0778. The summed E-state index contributed by atoms with van der Waals surface area (Å²) in [6, 6.07) is 0. The van der Waals surface area contributed by atoms with Crippen LogP contribution in [0.15, 0.2) is 12.7 Å². The molecule has 0 saturated heterocycles. The van der Waals surface area contributed by atoms with E-state index in [1.165, 1.54) is 31.8 Å². The van der Waals surface area contributed by atoms with Crippen LogP contribution >= 0.6 is 0 Å². The van der Waals surface area contributed by atoms with Crippen molar-refractivity contribution in [3.63, 3.8) is 0 Å². The van der Waals surface area contributed by atoms with Crippen molar-refractivity contribution in [3.8, 4) is 0 Å². The lowest BCUT2D eigenvalue weighted by Crippen LogP contribution is -2.35. The maximum Gasteiger partial charge on any atom is 0.243 e. The highest BCUT2D eigenvalue weighted by Gasteiger charge is 2.03. The number of carbonyl (C=O) groups excluding carboxylic acids is 1. The van der Waals surface area contributed by atoms with E-state index < -0.39 is 0 Å². The van der Waals surface area contributed by atoms with E-state index in [4.69, 9.17) is 0 Å². The maximum absolute atomic E-state index is 11.0. The normalized spacial score (nSPS) is 10.4. The molecule has 0 unspecified atom stereocenters. The van der Waals surface area contributed by atoms with E-state index >= 15 is 0 Å². The lowest BCUT2D eigenvalue weighted by atomic mass is 10.2. The Bertz CT molecular complexity index is 184. The van der Waals surface area contributed by atoms with Crippen molar-refractivity contribution in [1.82, 2.24) is 10.2 Å². The summed E-state index contributed by atoms with van der Waals surface area (Å²) in [6.07, 6.45) is 6.24. The third-order valence-electron chi connectivity index (χ3n) is 2.57. The van der Waals surface area contributed by atoms with E-state index in [0.717, 1.165) is 26.2 Å². The minimum absolute atomic E-state index is 0.0778. The third kappa shape index (κ3) is 8.48. The highest BCUT2D eigenvalue weighted by atomic mass is 16.1. The van der Waals surface area contributed by atoms with Crippen molar-refractivity contribution >= 4 is 5.91 Å². The topological polar surface area (TPSA) is 32.3 Å². The molecule has 0 radical (unpaired) electrons. The largest absolute Gasteiger partial charge is 0.351 e. The van der Waals surface area contributed by atoms with Crippen molar-refractivity contribution in [3.05, 3.63) is 12.7 Å². The van der Waals surface area contributed by atoms with Gasteiger partial charge in [-0.25, -0.2) is 0 Å². The number of hydrogen-bond acceptors (Lipinski definition) is 2. The predicted molar refractivity (Wildman–Crippen MR) is 69.5 cm³/mol. The summed E-state index contributed by atoms with van der Waals surface area (Å²) >= 11 is 0. The number of hydrogen-bond donors (Lipinski definition) is 1. The molecule has 3 heteroatoms. The Labute approximate surface area is 99.9 Å². The van der Waals surface area contributed by atoms with Gasteiger partial charge in [0, 0.05) is 13.1 Å². The number of nitrogens with one attached hydrogen (secondary N) is 1. The fraction of sp³-hybridized carbons (Fsp3) is 0.769. The van der Waals surface area contributed by atoms with E-state index in [2.05, 4.69) is 30.6 Å². The zero-order valence-electron chi connectivity index (χ0n) is 10.8. The van der Waals surface area contributed by atoms with Gasteiger partial charge in [0.25, 0.3) is 0 Å². The Kier molecular flexibility index (Phi) is 10.1. The Morgan fingerprint density at radius 1 is 1.19 bits per heavy atom. The first-order chi connectivity index (χ1) is 7.74. The summed E-state index contributed by atoms with van der Waals surface area (Å²) in [7, 11) is 0. The average Bonchev–Trinajstić information content (AvgIpc) is 2.31. The highest BCUT2D eigenvalue weighted by molar-refractivity contribution is 5.86. The molecular weight excluding hydrogens is 200 g/mol. The molecule has 0 rings (SSSR count). The first kappa shape index (κ1) is 15.2. The molecule has 0 fully saturated rings. The van der Waals surface area contributed by atoms with Crippen molar-refractivity contribution in [2.24, 2.45) is 0 Å². The molecule has 0 aromatic heterocycles. The summed E-state index contributed by atoms with van der Waals surface area (Å²) in [6.45, 7) is 11.8. The maximum atomic E-state index is 11.0. The van der Waals surface area contributed by atoms with Crippen LogP contribution in [0.4, 0.5) is 0 Å². The van der Waals surface area contributed by atoms with Crippen LogP contribution in [0.2, 0.25) is 0 Å². The molecule has 0 aliphatic rings. The molecule has 0 heterocycles. The molecule has 0 aliphatic heterocycles. The summed E-state index contributed by atoms with van der Waals surface area (Å²) in [5, 5.41) is 2.82. The second-order valence-corrected chi connectivity index (χ2v) is 4.04. The van der Waals surface area contributed by atoms with Crippen LogP contribution in [0.1, 0.15) is 39.5 Å². The van der Waals surface area contributed by atoms with Crippen molar-refractivity contribution in [2.45, 2.75) is 39.5 Å². The van der Waals surface area contributed by atoms with Crippen molar-refractivity contribution < 1.29 is 4.79 Å². The van der Waals surface area contributed by atoms with E-state index in [9.17, 15) is 4.79 Å². The summed E-state index contributed by atoms with van der Waals surface area (Å²) < 4.78 is 0. The van der Waals surface area contributed by atoms with Gasteiger partial charge in [0.15, 0.2) is 0 Å². The highest BCUT2D eigenvalue weighted by Crippen LogP contribution is 1.98. The zero-order chi connectivity index (χ0) is 12.2. The Morgan fingerprint density at radius 2 is 1.75 bits per heavy atom. The predicted octanol–water partition coefficient (Wildman–Crippen LogP) is 2.19. The van der Waals surface area contributed by atoms with Gasteiger partial charge < -0.3 is 10.2 Å². The lowest BCUT2D eigenvalue weighted by molar-refractivity contribution is -0.116. The summed E-state index contributed by atoms with van der Waals surface area (Å²) in [5.41, 5.74) is 0. The number of amides is 1. The molecule has 0 aromatic carbocycles. The van der Waals surface area contributed by atoms with Gasteiger partial charge in [0.2, 0.25) is 5.91 Å². The van der Waals surface area contributed by atoms with E-state index in [-0.39, 0.29) is 5.91 Å². The lowest BCUT2D eigenvalue weighted by Gasteiger charge is -2.21. The molecule has 0 aromatic rings. The van der Waals surface area contributed by atoms with Crippen LogP contribution in [0.5, 0.6) is 0 Å². The third-order valence-corrected chi connectivity index (χ3v) is 2.57. The number of unbranched alkanes of at least 4 members (excludes halogenated alkanes) is 2. The second-order valence-electron chi connectivity index (χ2n) is 4.04. The summed E-state index contributed by atoms with van der Waals surface area (Å²) in [4.78, 5) is 13.4. The van der Waals surface area contributed by atoms with Crippen molar-refractivity contribution in [1.29, 1.82) is 0 Å². The van der Waals surface area contributed by atoms with Crippen LogP contribution in [-0.4, -0.2) is 37.0 Å². The van der Waals surface area contributed by atoms with E-state index in [1.54, 1.807) is 0 Å². The van der Waals surface area contributed by atoms with Gasteiger partial charge in [0.1, 0.15) is 0 Å². The van der Waals surface area contributed by atoms with Crippen LogP contribution in [0.3, 0.4) is 0 Å². The Balaban J connectivity index is 3.71. The first-order valence-electron chi connectivity index (χ1n) is 6.37. The Hall–Kier alpha value is -0.830. The van der Waals surface area contributed by atoms with Gasteiger partial charge in [0.05, 0.1) is 0 Å². The van der Waals surface area contributed by atoms with Gasteiger partial charge in [-0.05, 0) is 32.0 Å². The van der Waals surface area contributed by atoms with Crippen molar-refractivity contribution in [2.75, 3.05) is 26.2 Å². The molecule has 1 N–H and O–H groups in total. The van der Waals surface area contributed by atoms with Crippen LogP contribution in [0, 0.1) is 0 Å². The molecule has 94 valence electrons. The van der Waals surface area contributed by atoms with Gasteiger partial charge in [-0.1, -0.05) is 33.3 Å². The zero-order valence-corrected chi connectivity index (χ0v) is 10.8. The molecule has 1 amide bonds. The first-order valence-corrected chi connectivity index (χ1v) is 6.37. The molecule has 0 saturated carbocycles. The van der Waals surface area contributed by atoms with Gasteiger partial charge in [-0.15, -0.1) is 0 Å². The Morgan fingerprint density at radius 3 is 2.19 bits per heavy atom. The molecule has 3 nitrogen and oxygen atoms in total. The van der Waals surface area contributed by atoms with Crippen LogP contribution < -0.4 is 5.32 Å². The quantitative estimate of drug-likeness (QED) is 0.579. The van der Waals surface area contributed by atoms with Gasteiger partial charge >= 0.3 is 0 Å². The number of rotatable bonds is 10. The minimum Gasteiger partial charge on any atom is -0.351 e. The van der Waals surface area contributed by atoms with E-state index in [1.807, 2.05) is 0 Å². The standard InChI is InChI=1S/C13H26N2O/c1-4-7-10-15(11-8-5-2)12-9-14-13(16)6-3/h6H,3-5,7-12H2,1-2H3,(H,14,16). The van der Waals surface area contributed by atoms with Crippen LogP contribution in [-0.2, 0) is 4.79 Å². The number of nitrogens with zero attached hydrogens (tertiary/aromatic N) is 1. The van der Waals surface area contributed by atoms with Gasteiger partial charge in [-0.2, -0.15) is 0 Å². The van der Waals surface area contributed by atoms with Gasteiger partial charge in [-0.3, -0.25) is 4.79 Å². The molecule has 0 atom stereocenters. The van der Waals surface area contributed by atoms with E-state index in [0.29, 0.717) is 0 Å². The molecular formula is C13H26N2O. The average molecular weight is 226 g/mol.